The minimum atomic E-state index is -4.26. The zero-order valence-electron chi connectivity index (χ0n) is 42.9. The van der Waals surface area contributed by atoms with Crippen LogP contribution in [0.1, 0.15) is 60.8 Å². The Hall–Kier alpha value is -7.94. The summed E-state index contributed by atoms with van der Waals surface area (Å²) in [5.41, 5.74) is 7.46. The van der Waals surface area contributed by atoms with E-state index < -0.39 is 96.0 Å². The smallest absolute Gasteiger partial charge is 0.184 e. The Morgan fingerprint density at radius 3 is 1.04 bits per heavy atom. The minimum absolute atomic E-state index is 0.0295. The lowest BCUT2D eigenvalue weighted by Gasteiger charge is -2.17. The number of nitrogens with zero attached hydrogens (tertiary/aromatic N) is 2. The maximum absolute atomic E-state index is 12.1. The number of allylic oxidation sites excluding steroid dienone is 2. The maximum atomic E-state index is 12.1. The molecule has 0 saturated heterocycles. The van der Waals surface area contributed by atoms with Crippen LogP contribution in [-0.2, 0) is 58.5 Å². The van der Waals surface area contributed by atoms with Crippen molar-refractivity contribution in [3.63, 3.8) is 0 Å². The highest BCUT2D eigenvalue weighted by Crippen LogP contribution is 2.30. The summed E-state index contributed by atoms with van der Waals surface area (Å²) < 4.78 is 94.9. The number of carboxylic acids is 4. The molecule has 0 aliphatic carbocycles. The Bertz CT molecular complexity index is 3370. The molecule has 22 nitrogen and oxygen atoms in total. The number of benzene rings is 5. The lowest BCUT2D eigenvalue weighted by Crippen LogP contribution is -2.31. The van der Waals surface area contributed by atoms with Crippen LogP contribution in [0.4, 0.5) is 0 Å². The number of carbonyl (C=O) groups is 4. The molecule has 4 aliphatic rings. The molecule has 0 radical (unpaired) electrons. The number of carbonyl (C=O) groups excluding carboxylic acids is 4. The van der Waals surface area contributed by atoms with Crippen molar-refractivity contribution in [1.82, 2.24) is 21.3 Å². The first-order valence-electron chi connectivity index (χ1n) is 24.9. The van der Waals surface area contributed by atoms with Crippen LogP contribution in [0.2, 0.25) is 0 Å². The highest BCUT2D eigenvalue weighted by atomic mass is 32.2. The molecule has 9 rings (SSSR count). The molecule has 26 heteroatoms. The third kappa shape index (κ3) is 17.5. The van der Waals surface area contributed by atoms with Gasteiger partial charge in [-0.15, -0.1) is 0 Å². The van der Waals surface area contributed by atoms with Gasteiger partial charge in [-0.25, -0.2) is 33.7 Å². The van der Waals surface area contributed by atoms with E-state index in [0.29, 0.717) is 6.07 Å². The predicted molar refractivity (Wildman–Crippen MR) is 290 cm³/mol. The summed E-state index contributed by atoms with van der Waals surface area (Å²) in [7, 11) is -17.0. The highest BCUT2D eigenvalue weighted by Gasteiger charge is 2.24. The summed E-state index contributed by atoms with van der Waals surface area (Å²) in [4.78, 5) is 49.0. The van der Waals surface area contributed by atoms with Crippen molar-refractivity contribution in [2.45, 2.75) is 58.1 Å². The van der Waals surface area contributed by atoms with Crippen LogP contribution in [-0.4, -0.2) is 131 Å². The Morgan fingerprint density at radius 2 is 0.725 bits per heavy atom. The Morgan fingerprint density at radius 1 is 0.400 bits per heavy atom. The first-order valence-corrected chi connectivity index (χ1v) is 31.6. The van der Waals surface area contributed by atoms with Crippen LogP contribution < -0.4 is 41.7 Å². The third-order valence-corrected chi connectivity index (χ3v) is 18.5. The largest absolute Gasteiger partial charge is 0.549 e. The van der Waals surface area contributed by atoms with Gasteiger partial charge in [-0.05, 0) is 80.0 Å². The number of amidine groups is 2. The fourth-order valence-electron chi connectivity index (χ4n) is 8.39. The van der Waals surface area contributed by atoms with Crippen molar-refractivity contribution in [2.75, 3.05) is 62.3 Å². The number of nitrogens with one attached hydrogen (secondary N) is 4. The van der Waals surface area contributed by atoms with Gasteiger partial charge in [0.25, 0.3) is 0 Å². The van der Waals surface area contributed by atoms with Gasteiger partial charge < -0.3 is 60.9 Å². The normalized spacial score (nSPS) is 15.3. The number of carboxylic acid groups (broad SMARTS) is 4. The zero-order chi connectivity index (χ0) is 58.1. The lowest BCUT2D eigenvalue weighted by molar-refractivity contribution is -0.302. The molecule has 0 unspecified atom stereocenters. The van der Waals surface area contributed by atoms with E-state index in [2.05, 4.69) is 91.9 Å². The zero-order valence-corrected chi connectivity index (χ0v) is 46.2. The molecule has 5 aromatic carbocycles. The number of aliphatic imine (C=N–C) groups is 2. The standard InChI is InChI=1S/2C15H19N3.C14H12O8S2.C10H10O8S2/c2*1-2-9-16-14(4-1)12-5-7-13(8-6-12)15-17-10-3-11-18-15;15-13(16)7-23(19,20)11-5-1-3-9-10(11)4-2-6-12(9)24(21,22)8-14(17)18;11-9(12)5-19(15,16)7-2-1-3-8(4-7)20(17,18)6-10(13)14/h2*4-8,16H,1-3,9-11H2,(H,17,18);1-6H,7-8H2,(H,15,16)(H,17,18);1-4H,5-6H2,(H,11,12)(H,13,14)/p-4. The number of aliphatic carboxylic acids is 4. The second-order valence-electron chi connectivity index (χ2n) is 18.2. The molecule has 0 saturated carbocycles. The topological polar surface area (TPSA) is 370 Å². The monoisotopic (exact) mass is 1170 g/mol. The third-order valence-electron chi connectivity index (χ3n) is 12.1. The number of sulfone groups is 4. The van der Waals surface area contributed by atoms with Crippen molar-refractivity contribution < 1.29 is 73.3 Å². The van der Waals surface area contributed by atoms with E-state index in [9.17, 15) is 73.3 Å². The summed E-state index contributed by atoms with van der Waals surface area (Å²) in [5.74, 6) is -10.3. The summed E-state index contributed by atoms with van der Waals surface area (Å²) >= 11 is 0. The molecule has 4 aliphatic heterocycles. The van der Waals surface area contributed by atoms with Gasteiger partial charge in [-0.3, -0.25) is 9.98 Å². The summed E-state index contributed by atoms with van der Waals surface area (Å²) in [6.45, 7) is 6.12. The average molecular weight is 1170 g/mol. The molecule has 0 bridgehead atoms. The molecule has 0 fully saturated rings. The fraction of sp³-hybridized carbons (Fsp3) is 0.296. The van der Waals surface area contributed by atoms with Gasteiger partial charge in [-0.1, -0.05) is 91.0 Å². The molecule has 0 aromatic heterocycles. The lowest BCUT2D eigenvalue weighted by atomic mass is 10.0. The number of hydrogen-bond acceptors (Lipinski definition) is 22. The second-order valence-corrected chi connectivity index (χ2v) is 26.1. The van der Waals surface area contributed by atoms with E-state index in [1.54, 1.807) is 0 Å². The van der Waals surface area contributed by atoms with Gasteiger partial charge in [0.05, 0.1) is 66.5 Å². The molecule has 80 heavy (non-hydrogen) atoms. The SMILES string of the molecule is C1=C(c2ccc(C3=NCCCN3)cc2)NCCC1.C1=C(c2ccc(C3=NCCCN3)cc2)NCCC1.O=C([O-])CS(=O)(=O)c1cccc(S(=O)(=O)CC(=O)[O-])c1.O=C([O-])CS(=O)(=O)c1cccc2c(S(=O)(=O)CC(=O)[O-])cccc12. The molecular formula is C54H56N6O16S4-4. The van der Waals surface area contributed by atoms with Crippen molar-refractivity contribution in [3.05, 3.63) is 144 Å². The maximum Gasteiger partial charge on any atom is 0.184 e. The van der Waals surface area contributed by atoms with Crippen LogP contribution >= 0.6 is 0 Å². The van der Waals surface area contributed by atoms with Crippen molar-refractivity contribution in [3.8, 4) is 0 Å². The van der Waals surface area contributed by atoms with Crippen LogP contribution in [0.5, 0.6) is 0 Å². The molecule has 0 atom stereocenters. The highest BCUT2D eigenvalue weighted by molar-refractivity contribution is 7.93. The summed E-state index contributed by atoms with van der Waals surface area (Å²) in [6.07, 6.45) is 11.7. The van der Waals surface area contributed by atoms with Gasteiger partial charge in [-0.2, -0.15) is 0 Å². The molecule has 4 N–H and O–H groups in total. The van der Waals surface area contributed by atoms with E-state index >= 15 is 0 Å². The Balaban J connectivity index is 0.000000173. The molecule has 0 spiro atoms. The first-order chi connectivity index (χ1) is 38.0. The molecule has 0 amide bonds. The van der Waals surface area contributed by atoms with Gasteiger partial charge in [0.15, 0.2) is 39.3 Å². The Kier molecular flexibility index (Phi) is 21.3. The molecule has 426 valence electrons. The van der Waals surface area contributed by atoms with Crippen LogP contribution in [0, 0.1) is 0 Å². The van der Waals surface area contributed by atoms with Crippen LogP contribution in [0.3, 0.4) is 0 Å². The molecule has 5 aromatic rings. The van der Waals surface area contributed by atoms with Gasteiger partial charge in [0.1, 0.15) is 11.7 Å². The van der Waals surface area contributed by atoms with E-state index in [1.165, 1.54) is 83.6 Å². The van der Waals surface area contributed by atoms with Crippen molar-refractivity contribution >= 4 is 97.1 Å². The molecule has 4 heterocycles. The number of rotatable bonds is 16. The van der Waals surface area contributed by atoms with E-state index in [1.807, 2.05) is 0 Å². The summed E-state index contributed by atoms with van der Waals surface area (Å²) in [5, 5.41) is 55.4. The van der Waals surface area contributed by atoms with Crippen molar-refractivity contribution in [1.29, 1.82) is 0 Å². The van der Waals surface area contributed by atoms with Gasteiger partial charge in [0, 0.05) is 72.6 Å². The second kappa shape index (κ2) is 27.8. The van der Waals surface area contributed by atoms with Crippen LogP contribution in [0.25, 0.3) is 22.2 Å². The van der Waals surface area contributed by atoms with Crippen LogP contribution in [0.15, 0.2) is 151 Å². The predicted octanol–water partition coefficient (Wildman–Crippen LogP) is -1.08. The van der Waals surface area contributed by atoms with Gasteiger partial charge >= 0.3 is 0 Å². The van der Waals surface area contributed by atoms with E-state index in [4.69, 9.17) is 0 Å². The van der Waals surface area contributed by atoms with E-state index in [-0.39, 0.29) is 20.6 Å². The van der Waals surface area contributed by atoms with E-state index in [0.717, 1.165) is 94.1 Å². The number of hydrogen-bond donors (Lipinski definition) is 4. The van der Waals surface area contributed by atoms with Gasteiger partial charge in [0.2, 0.25) is 0 Å². The first kappa shape index (κ1) is 61.3. The average Bonchev–Trinajstić information content (AvgIpc) is 3.58. The summed E-state index contributed by atoms with van der Waals surface area (Å²) in [6, 6.07) is 28.4. The minimum Gasteiger partial charge on any atom is -0.549 e. The van der Waals surface area contributed by atoms with Crippen molar-refractivity contribution in [2.24, 2.45) is 9.98 Å². The number of fused-ring (bicyclic) bond motifs is 1. The Labute approximate surface area is 463 Å². The molecular weight excluding hydrogens is 1120 g/mol. The fourth-order valence-corrected chi connectivity index (χ4v) is 13.1. The quantitative estimate of drug-likeness (QED) is 0.0913.